The van der Waals surface area contributed by atoms with Crippen molar-refractivity contribution in [2.45, 2.75) is 19.4 Å². The van der Waals surface area contributed by atoms with Crippen LogP contribution in [0.3, 0.4) is 0 Å². The fraction of sp³-hybridized carbons (Fsp3) is 0.308. The van der Waals surface area contributed by atoms with Crippen LogP contribution in [0, 0.1) is 6.92 Å². The molecule has 1 aromatic rings. The van der Waals surface area contributed by atoms with Crippen LogP contribution in [0.2, 0.25) is 0 Å². The van der Waals surface area contributed by atoms with Gasteiger partial charge in [-0.1, -0.05) is 12.1 Å². The molecule has 0 spiro atoms. The smallest absolute Gasteiger partial charge is 0.305 e. The van der Waals surface area contributed by atoms with E-state index in [1.807, 2.05) is 25.1 Å². The Morgan fingerprint density at radius 3 is 3.10 bits per heavy atom. The van der Waals surface area contributed by atoms with Crippen molar-refractivity contribution in [1.82, 2.24) is 10.3 Å². The van der Waals surface area contributed by atoms with Crippen LogP contribution in [0.25, 0.3) is 0 Å². The minimum Gasteiger partial charge on any atom is -0.481 e. The number of nitrogens with zero attached hydrogens (tertiary/aromatic N) is 2. The molecule has 0 bridgehead atoms. The number of carbonyl (C=O) groups is 2. The van der Waals surface area contributed by atoms with Gasteiger partial charge in [-0.05, 0) is 18.6 Å². The van der Waals surface area contributed by atoms with Crippen LogP contribution in [0.1, 0.15) is 17.5 Å². The summed E-state index contributed by atoms with van der Waals surface area (Å²) in [7, 11) is 0. The highest BCUT2D eigenvalue weighted by Crippen LogP contribution is 2.28. The standard InChI is InChI=1S/C13H14N4O3/c1-7-3-2-4-8-11(7)14-6-17-9(5-10(18)19)13(20)16-15-12(8)17/h2-4,9,14H,5-6H2,1H3,(H,16,20)(H,18,19)/t9-/m0/s1. The van der Waals surface area contributed by atoms with Crippen molar-refractivity contribution in [1.29, 1.82) is 0 Å². The van der Waals surface area contributed by atoms with Crippen molar-refractivity contribution < 1.29 is 14.7 Å². The molecule has 0 aliphatic carbocycles. The number of aliphatic carboxylic acids is 1. The van der Waals surface area contributed by atoms with E-state index in [4.69, 9.17) is 5.11 Å². The van der Waals surface area contributed by atoms with E-state index >= 15 is 0 Å². The van der Waals surface area contributed by atoms with Crippen molar-refractivity contribution in [2.75, 3.05) is 12.0 Å². The number of carboxylic acid groups (broad SMARTS) is 1. The zero-order valence-electron chi connectivity index (χ0n) is 10.9. The van der Waals surface area contributed by atoms with E-state index in [9.17, 15) is 9.59 Å². The minimum atomic E-state index is -1.01. The monoisotopic (exact) mass is 274 g/mol. The lowest BCUT2D eigenvalue weighted by molar-refractivity contribution is -0.141. The van der Waals surface area contributed by atoms with E-state index in [1.54, 1.807) is 4.90 Å². The lowest BCUT2D eigenvalue weighted by Gasteiger charge is -2.39. The largest absolute Gasteiger partial charge is 0.481 e. The number of benzene rings is 1. The molecular weight excluding hydrogens is 260 g/mol. The van der Waals surface area contributed by atoms with Crippen LogP contribution in [0.5, 0.6) is 0 Å². The summed E-state index contributed by atoms with van der Waals surface area (Å²) in [6.07, 6.45) is -0.256. The topological polar surface area (TPSA) is 94.0 Å². The number of rotatable bonds is 2. The second-order valence-corrected chi connectivity index (χ2v) is 4.83. The quantitative estimate of drug-likeness (QED) is 0.722. The average molecular weight is 274 g/mol. The van der Waals surface area contributed by atoms with E-state index in [-0.39, 0.29) is 6.42 Å². The number of amidine groups is 1. The first-order valence-electron chi connectivity index (χ1n) is 6.28. The van der Waals surface area contributed by atoms with Gasteiger partial charge in [-0.3, -0.25) is 9.59 Å². The Kier molecular flexibility index (Phi) is 2.81. The summed E-state index contributed by atoms with van der Waals surface area (Å²) >= 11 is 0. The molecule has 2 aliphatic heterocycles. The van der Waals surface area contributed by atoms with E-state index in [1.165, 1.54) is 0 Å². The molecule has 1 aromatic carbocycles. The third-order valence-corrected chi connectivity index (χ3v) is 3.53. The van der Waals surface area contributed by atoms with Crippen LogP contribution in [-0.4, -0.2) is 40.4 Å². The van der Waals surface area contributed by atoms with Gasteiger partial charge in [-0.15, -0.1) is 0 Å². The van der Waals surface area contributed by atoms with E-state index < -0.39 is 17.9 Å². The summed E-state index contributed by atoms with van der Waals surface area (Å²) in [6.45, 7) is 2.35. The number of carboxylic acids is 1. The number of anilines is 1. The van der Waals surface area contributed by atoms with Crippen molar-refractivity contribution >= 4 is 23.4 Å². The number of hydrazone groups is 1. The van der Waals surface area contributed by atoms with Crippen LogP contribution in [0.4, 0.5) is 5.69 Å². The van der Waals surface area contributed by atoms with Gasteiger partial charge in [0.25, 0.3) is 5.91 Å². The van der Waals surface area contributed by atoms with Crippen molar-refractivity contribution in [3.05, 3.63) is 29.3 Å². The summed E-state index contributed by atoms with van der Waals surface area (Å²) in [5, 5.41) is 16.3. The van der Waals surface area contributed by atoms with Gasteiger partial charge in [0.2, 0.25) is 0 Å². The molecule has 2 heterocycles. The molecule has 104 valence electrons. The summed E-state index contributed by atoms with van der Waals surface area (Å²) in [4.78, 5) is 24.4. The predicted molar refractivity (Wildman–Crippen MR) is 72.2 cm³/mol. The lowest BCUT2D eigenvalue weighted by Crippen LogP contribution is -2.57. The average Bonchev–Trinajstić information content (AvgIpc) is 2.41. The van der Waals surface area contributed by atoms with E-state index in [0.717, 1.165) is 16.8 Å². The van der Waals surface area contributed by atoms with Crippen molar-refractivity contribution in [3.63, 3.8) is 0 Å². The van der Waals surface area contributed by atoms with Gasteiger partial charge in [-0.25, -0.2) is 5.43 Å². The first-order valence-corrected chi connectivity index (χ1v) is 6.28. The molecule has 7 nitrogen and oxygen atoms in total. The number of nitrogens with one attached hydrogen (secondary N) is 2. The molecule has 1 amide bonds. The fourth-order valence-electron chi connectivity index (χ4n) is 2.56. The highest BCUT2D eigenvalue weighted by Gasteiger charge is 2.37. The first kappa shape index (κ1) is 12.5. The van der Waals surface area contributed by atoms with Gasteiger partial charge in [0.15, 0.2) is 5.84 Å². The zero-order valence-corrected chi connectivity index (χ0v) is 10.9. The number of fused-ring (bicyclic) bond motifs is 3. The van der Waals surface area contributed by atoms with Gasteiger partial charge in [0.05, 0.1) is 13.1 Å². The molecule has 0 aromatic heterocycles. The molecular formula is C13H14N4O3. The number of hydrogen-bond acceptors (Lipinski definition) is 5. The number of carbonyl (C=O) groups excluding carboxylic acids is 1. The SMILES string of the molecule is Cc1cccc2c1NCN1C2=NNC(=O)[C@@H]1CC(=O)O. The molecule has 3 N–H and O–H groups in total. The van der Waals surface area contributed by atoms with Gasteiger partial charge in [0, 0.05) is 11.3 Å². The maximum absolute atomic E-state index is 11.8. The minimum absolute atomic E-state index is 0.256. The number of amides is 1. The number of aryl methyl sites for hydroxylation is 1. The molecule has 1 atom stereocenters. The Morgan fingerprint density at radius 2 is 2.35 bits per heavy atom. The Morgan fingerprint density at radius 1 is 1.55 bits per heavy atom. The van der Waals surface area contributed by atoms with Crippen molar-refractivity contribution in [2.24, 2.45) is 5.10 Å². The third-order valence-electron chi connectivity index (χ3n) is 3.53. The van der Waals surface area contributed by atoms with Gasteiger partial charge in [0.1, 0.15) is 6.04 Å². The molecule has 3 rings (SSSR count). The molecule has 0 fully saturated rings. The summed E-state index contributed by atoms with van der Waals surface area (Å²) < 4.78 is 0. The van der Waals surface area contributed by atoms with Crippen LogP contribution in [0.15, 0.2) is 23.3 Å². The Labute approximate surface area is 115 Å². The maximum atomic E-state index is 11.8. The number of para-hydroxylation sites is 1. The summed E-state index contributed by atoms with van der Waals surface area (Å²) in [6, 6.07) is 5.04. The van der Waals surface area contributed by atoms with Crippen LogP contribution >= 0.6 is 0 Å². The van der Waals surface area contributed by atoms with E-state index in [0.29, 0.717) is 12.5 Å². The second-order valence-electron chi connectivity index (χ2n) is 4.83. The molecule has 2 aliphatic rings. The highest BCUT2D eigenvalue weighted by atomic mass is 16.4. The van der Waals surface area contributed by atoms with Crippen molar-refractivity contribution in [3.8, 4) is 0 Å². The first-order chi connectivity index (χ1) is 9.58. The Balaban J connectivity index is 2.03. The van der Waals surface area contributed by atoms with Gasteiger partial charge in [-0.2, -0.15) is 5.10 Å². The zero-order chi connectivity index (χ0) is 14.3. The highest BCUT2D eigenvalue weighted by molar-refractivity contribution is 6.09. The van der Waals surface area contributed by atoms with Gasteiger partial charge >= 0.3 is 5.97 Å². The predicted octanol–water partition coefficient (Wildman–Crippen LogP) is 0.315. The lowest BCUT2D eigenvalue weighted by atomic mass is 10.0. The molecule has 0 unspecified atom stereocenters. The van der Waals surface area contributed by atoms with E-state index in [2.05, 4.69) is 15.8 Å². The molecule has 0 radical (unpaired) electrons. The Bertz CT molecular complexity index is 626. The summed E-state index contributed by atoms with van der Waals surface area (Å²) in [5.41, 5.74) is 5.33. The van der Waals surface area contributed by atoms with Crippen LogP contribution < -0.4 is 10.7 Å². The molecule has 7 heteroatoms. The second kappa shape index (κ2) is 4.52. The molecule has 0 saturated heterocycles. The third kappa shape index (κ3) is 1.87. The summed E-state index contributed by atoms with van der Waals surface area (Å²) in [5.74, 6) is -0.802. The van der Waals surface area contributed by atoms with Crippen LogP contribution in [-0.2, 0) is 9.59 Å². The fourth-order valence-corrected chi connectivity index (χ4v) is 2.56. The Hall–Kier alpha value is -2.57. The number of hydrogen-bond donors (Lipinski definition) is 3. The van der Waals surface area contributed by atoms with Gasteiger partial charge < -0.3 is 15.3 Å². The maximum Gasteiger partial charge on any atom is 0.305 e. The normalized spacial score (nSPS) is 20.2. The molecule has 20 heavy (non-hydrogen) atoms. The molecule has 0 saturated carbocycles.